The van der Waals surface area contributed by atoms with Crippen LogP contribution in [0.15, 0.2) is 352 Å². The Morgan fingerprint density at radius 3 is 1.23 bits per heavy atom. The Balaban J connectivity index is 1.03. The van der Waals surface area contributed by atoms with Gasteiger partial charge in [0, 0.05) is 67.4 Å². The fraction of sp³-hybridized carbons (Fsp3) is 0.118. The Labute approximate surface area is 637 Å². The lowest BCUT2D eigenvalue weighted by Crippen LogP contribution is -2.61. The minimum absolute atomic E-state index is 0.132. The lowest BCUT2D eigenvalue weighted by molar-refractivity contribution is 0.569. The van der Waals surface area contributed by atoms with Crippen molar-refractivity contribution >= 4 is 96.1 Å². The molecule has 15 aromatic carbocycles. The Morgan fingerprint density at radius 1 is 0.290 bits per heavy atom. The van der Waals surface area contributed by atoms with Crippen molar-refractivity contribution in [1.82, 2.24) is 4.57 Å². The van der Waals surface area contributed by atoms with Crippen molar-refractivity contribution in [2.45, 2.75) is 78.6 Å². The molecular formula is C102H85BN4. The van der Waals surface area contributed by atoms with Gasteiger partial charge in [0.25, 0.3) is 6.71 Å². The van der Waals surface area contributed by atoms with Gasteiger partial charge in [-0.1, -0.05) is 311 Å². The van der Waals surface area contributed by atoms with Gasteiger partial charge in [0.1, 0.15) is 0 Å². The molecule has 16 aromatic rings. The van der Waals surface area contributed by atoms with E-state index in [4.69, 9.17) is 1.37 Å². The van der Waals surface area contributed by atoms with Crippen LogP contribution >= 0.6 is 0 Å². The molecule has 0 spiro atoms. The van der Waals surface area contributed by atoms with Gasteiger partial charge in [0.05, 0.1) is 29.3 Å². The largest absolute Gasteiger partial charge is 0.311 e. The average Bonchev–Trinajstić information content (AvgIpc) is 0.894. The van der Waals surface area contributed by atoms with Crippen LogP contribution in [0.5, 0.6) is 0 Å². The van der Waals surface area contributed by atoms with Crippen LogP contribution in [0, 0.1) is 0 Å². The Hall–Kier alpha value is -12.4. The van der Waals surface area contributed by atoms with E-state index in [2.05, 4.69) is 397 Å². The van der Waals surface area contributed by atoms with Crippen LogP contribution in [-0.4, -0.2) is 11.3 Å². The van der Waals surface area contributed by atoms with Crippen molar-refractivity contribution in [1.29, 1.82) is 0 Å². The van der Waals surface area contributed by atoms with Crippen LogP contribution in [0.4, 0.5) is 51.2 Å². The fourth-order valence-electron chi connectivity index (χ4n) is 16.3. The minimum atomic E-state index is -0.450. The van der Waals surface area contributed by atoms with Crippen molar-refractivity contribution in [3.8, 4) is 72.4 Å². The Morgan fingerprint density at radius 2 is 0.720 bits per heavy atom. The van der Waals surface area contributed by atoms with E-state index in [9.17, 15) is 5.48 Å². The normalized spacial score (nSPS) is 13.3. The summed E-state index contributed by atoms with van der Waals surface area (Å²) in [6, 6.07) is 116. The topological polar surface area (TPSA) is 14.7 Å². The number of rotatable bonds is 12. The SMILES string of the molecule is [2H]c1c([2H])c([2H])c(-c2ccc3c(c2)N(c2cc(-c4ccccc4)cc(-c4ccccc4)c2)c2cc(-n4c5ccccc5c5cc(N(c6ccccc6)c6ccccc6)ccc54)cc4c2B3c2ccc(-c3cc(C(C)(C)C)cc(C(C)(C)C)c3)cc2N4c2c(-c3ccccc3)cc(C(C)(C)C)cc2-c2ccccc2)c([2H])c1[2H]. The van der Waals surface area contributed by atoms with Crippen molar-refractivity contribution in [2.75, 3.05) is 14.7 Å². The summed E-state index contributed by atoms with van der Waals surface area (Å²) in [5, 5.41) is 2.17. The molecule has 0 aliphatic carbocycles. The van der Waals surface area contributed by atoms with Crippen LogP contribution in [-0.2, 0) is 16.2 Å². The van der Waals surface area contributed by atoms with Gasteiger partial charge in [-0.25, -0.2) is 0 Å². The number of hydrogen-bond acceptors (Lipinski definition) is 3. The highest BCUT2D eigenvalue weighted by Gasteiger charge is 2.46. The van der Waals surface area contributed by atoms with E-state index in [1.807, 2.05) is 6.07 Å². The quantitative estimate of drug-likeness (QED) is 0.113. The summed E-state index contributed by atoms with van der Waals surface area (Å²) in [7, 11) is 0. The smallest absolute Gasteiger partial charge is 0.252 e. The average molecular weight is 1380 g/mol. The Bertz CT molecular complexity index is 6160. The van der Waals surface area contributed by atoms with E-state index in [0.29, 0.717) is 5.56 Å². The van der Waals surface area contributed by atoms with Gasteiger partial charge in [-0.15, -0.1) is 0 Å². The molecule has 0 N–H and O–H groups in total. The summed E-state index contributed by atoms with van der Waals surface area (Å²) >= 11 is 0. The highest BCUT2D eigenvalue weighted by atomic mass is 15.2. The molecule has 0 atom stereocenters. The van der Waals surface area contributed by atoms with Gasteiger partial charge in [-0.2, -0.15) is 0 Å². The first-order valence-electron chi connectivity index (χ1n) is 39.8. The van der Waals surface area contributed by atoms with Gasteiger partial charge in [-0.3, -0.25) is 0 Å². The zero-order valence-electron chi connectivity index (χ0n) is 67.0. The predicted molar refractivity (Wildman–Crippen MR) is 458 cm³/mol. The molecule has 2 aliphatic heterocycles. The lowest BCUT2D eigenvalue weighted by Gasteiger charge is -2.45. The first kappa shape index (κ1) is 60.9. The van der Waals surface area contributed by atoms with Crippen LogP contribution in [0.1, 0.15) is 85.9 Å². The number of aromatic nitrogens is 1. The number of fused-ring (bicyclic) bond motifs is 7. The summed E-state index contributed by atoms with van der Waals surface area (Å²) in [6.07, 6.45) is 0. The molecule has 0 unspecified atom stereocenters. The van der Waals surface area contributed by atoms with Crippen LogP contribution < -0.4 is 31.1 Å². The van der Waals surface area contributed by atoms with Crippen LogP contribution in [0.25, 0.3) is 94.3 Å². The molecule has 107 heavy (non-hydrogen) atoms. The number of para-hydroxylation sites is 3. The zero-order valence-corrected chi connectivity index (χ0v) is 62.0. The molecule has 0 radical (unpaired) electrons. The van der Waals surface area contributed by atoms with Crippen molar-refractivity contribution < 1.29 is 6.85 Å². The summed E-state index contributed by atoms with van der Waals surface area (Å²) in [6.45, 7) is 20.4. The molecule has 0 bridgehead atoms. The molecule has 18 rings (SSSR count). The summed E-state index contributed by atoms with van der Waals surface area (Å²) in [5.41, 5.74) is 29.2. The molecule has 1 aromatic heterocycles. The molecule has 0 amide bonds. The second-order valence-electron chi connectivity index (χ2n) is 31.8. The van der Waals surface area contributed by atoms with Gasteiger partial charge in [-0.05, 0) is 208 Å². The molecule has 5 heteroatoms. The second kappa shape index (κ2) is 26.3. The second-order valence-corrected chi connectivity index (χ2v) is 31.8. The zero-order chi connectivity index (χ0) is 77.2. The van der Waals surface area contributed by atoms with E-state index in [1.165, 1.54) is 16.7 Å². The van der Waals surface area contributed by atoms with Gasteiger partial charge >= 0.3 is 0 Å². The minimum Gasteiger partial charge on any atom is -0.311 e. The van der Waals surface area contributed by atoms with E-state index in [1.54, 1.807) is 0 Å². The van der Waals surface area contributed by atoms with Crippen molar-refractivity contribution in [3.05, 3.63) is 368 Å². The third-order valence-corrected chi connectivity index (χ3v) is 21.8. The monoisotopic (exact) mass is 1380 g/mol. The highest BCUT2D eigenvalue weighted by molar-refractivity contribution is 7.00. The molecule has 0 fully saturated rings. The number of nitrogens with zero attached hydrogens (tertiary/aromatic N) is 4. The molecule has 4 nitrogen and oxygen atoms in total. The third-order valence-electron chi connectivity index (χ3n) is 21.8. The van der Waals surface area contributed by atoms with Gasteiger partial charge in [0.15, 0.2) is 0 Å². The molecule has 516 valence electrons. The van der Waals surface area contributed by atoms with Gasteiger partial charge in [0.2, 0.25) is 0 Å². The fourth-order valence-corrected chi connectivity index (χ4v) is 16.3. The van der Waals surface area contributed by atoms with Gasteiger partial charge < -0.3 is 19.3 Å². The molecule has 2 aliphatic rings. The van der Waals surface area contributed by atoms with E-state index >= 15 is 0 Å². The van der Waals surface area contributed by atoms with Crippen molar-refractivity contribution in [2.24, 2.45) is 0 Å². The summed E-state index contributed by atoms with van der Waals surface area (Å²) < 4.78 is 49.0. The number of benzene rings is 15. The maximum absolute atomic E-state index is 9.66. The molecule has 3 heterocycles. The maximum atomic E-state index is 9.66. The van der Waals surface area contributed by atoms with E-state index < -0.39 is 12.8 Å². The first-order chi connectivity index (χ1) is 54.0. The maximum Gasteiger partial charge on any atom is 0.252 e. The third kappa shape index (κ3) is 12.0. The Kier molecular flexibility index (Phi) is 15.0. The highest BCUT2D eigenvalue weighted by Crippen LogP contribution is 2.54. The summed E-state index contributed by atoms with van der Waals surface area (Å²) in [4.78, 5) is 7.40. The van der Waals surface area contributed by atoms with Crippen LogP contribution in [0.2, 0.25) is 0 Å². The van der Waals surface area contributed by atoms with Crippen molar-refractivity contribution in [3.63, 3.8) is 0 Å². The number of anilines is 9. The predicted octanol–water partition coefficient (Wildman–Crippen LogP) is 26.2. The standard InChI is InChI=1S/C102H85BN4/c1-100(2,3)78-56-77(57-79(62-78)101(4,5)6)74-50-53-91-95(61-74)107(99-87(71-39-23-13-24-40-71)63-80(102(7,8)9)64-88(99)72-41-25-14-26-42-72)97-67-85(105-92-48-32-31-47-86(92)89-65-83(51-54-93(89)105)104(81-43-27-15-28-44-81)82-45-29-16-30-46-82)66-96-98(97)103(91)90-52-49-73(68-33-17-10-18-34-68)60-94(90)106(96)84-58-75(69-35-19-11-20-36-69)55-76(59-84)70-37-21-12-22-38-70/h10-67H,1-9H3/i10D,17D,18D,33D,34D. The molecular weight excluding hydrogens is 1290 g/mol. The van der Waals surface area contributed by atoms with Crippen LogP contribution in [0.3, 0.4) is 0 Å². The van der Waals surface area contributed by atoms with E-state index in [-0.39, 0.29) is 46.0 Å². The first-order valence-corrected chi connectivity index (χ1v) is 37.3. The molecule has 0 saturated carbocycles. The summed E-state index contributed by atoms with van der Waals surface area (Å²) in [5.74, 6) is 0. The molecule has 0 saturated heterocycles. The van der Waals surface area contributed by atoms with E-state index in [0.717, 1.165) is 151 Å². The number of hydrogen-bond donors (Lipinski definition) is 0. The lowest BCUT2D eigenvalue weighted by atomic mass is 9.33.